The Hall–Kier alpha value is -1.19. The molecule has 0 saturated heterocycles. The molecule has 16 heavy (non-hydrogen) atoms. The van der Waals surface area contributed by atoms with Crippen LogP contribution in [0.5, 0.6) is 0 Å². The Labute approximate surface area is 96.4 Å². The van der Waals surface area contributed by atoms with E-state index in [2.05, 4.69) is 0 Å². The minimum atomic E-state index is -0.780. The van der Waals surface area contributed by atoms with E-state index in [9.17, 15) is 4.79 Å². The monoisotopic (exact) mass is 222 g/mol. The highest BCUT2D eigenvalue weighted by Gasteiger charge is 2.20. The Morgan fingerprint density at radius 3 is 2.06 bits per heavy atom. The molecule has 0 N–H and O–H groups in total. The van der Waals surface area contributed by atoms with Crippen molar-refractivity contribution in [2.45, 2.75) is 27.1 Å². The Balaban J connectivity index is 2.77. The molecule has 1 aromatic rings. The van der Waals surface area contributed by atoms with Crippen molar-refractivity contribution in [1.29, 1.82) is 0 Å². The van der Waals surface area contributed by atoms with Gasteiger partial charge in [0.25, 0.3) is 0 Å². The molecular formula is C13H18O3. The average molecular weight is 222 g/mol. The van der Waals surface area contributed by atoms with Crippen molar-refractivity contribution < 1.29 is 14.3 Å². The minimum absolute atomic E-state index is 0.122. The van der Waals surface area contributed by atoms with Crippen LogP contribution in [0.2, 0.25) is 0 Å². The molecule has 88 valence electrons. The van der Waals surface area contributed by atoms with Crippen LogP contribution in [0.4, 0.5) is 0 Å². The molecule has 0 aliphatic rings. The summed E-state index contributed by atoms with van der Waals surface area (Å²) in [6.07, 6.45) is -0.780. The van der Waals surface area contributed by atoms with Crippen molar-refractivity contribution in [2.24, 2.45) is 0 Å². The maximum atomic E-state index is 12.0. The Morgan fingerprint density at radius 2 is 1.62 bits per heavy atom. The zero-order valence-electron chi connectivity index (χ0n) is 10.0. The Bertz CT molecular complexity index is 324. The highest BCUT2D eigenvalue weighted by molar-refractivity contribution is 5.98. The lowest BCUT2D eigenvalue weighted by molar-refractivity contribution is -0.107. The number of ketones is 1. The first kappa shape index (κ1) is 12.9. The molecule has 0 aliphatic carbocycles. The standard InChI is InChI=1S/C13H18O3/c1-4-15-13(16-5-2)12(14)11-8-6-10(3)7-9-11/h6-9,13H,4-5H2,1-3H3. The van der Waals surface area contributed by atoms with Gasteiger partial charge in [0.15, 0.2) is 0 Å². The van der Waals surface area contributed by atoms with Gasteiger partial charge in [0.05, 0.1) is 0 Å². The summed E-state index contributed by atoms with van der Waals surface area (Å²) in [5.41, 5.74) is 1.75. The van der Waals surface area contributed by atoms with E-state index in [0.29, 0.717) is 18.8 Å². The van der Waals surface area contributed by atoms with Crippen LogP contribution >= 0.6 is 0 Å². The van der Waals surface area contributed by atoms with Gasteiger partial charge >= 0.3 is 0 Å². The first-order valence-electron chi connectivity index (χ1n) is 5.53. The van der Waals surface area contributed by atoms with Crippen molar-refractivity contribution in [3.63, 3.8) is 0 Å². The van der Waals surface area contributed by atoms with Crippen molar-refractivity contribution >= 4 is 5.78 Å². The van der Waals surface area contributed by atoms with Crippen molar-refractivity contribution in [3.05, 3.63) is 35.4 Å². The second kappa shape index (κ2) is 6.40. The molecule has 3 heteroatoms. The molecule has 0 unspecified atom stereocenters. The van der Waals surface area contributed by atoms with Gasteiger partial charge in [-0.25, -0.2) is 0 Å². The van der Waals surface area contributed by atoms with E-state index in [1.54, 1.807) is 12.1 Å². The number of ether oxygens (including phenoxy) is 2. The number of carbonyl (C=O) groups is 1. The number of carbonyl (C=O) groups excluding carboxylic acids is 1. The van der Waals surface area contributed by atoms with Gasteiger partial charge in [0.1, 0.15) is 0 Å². The van der Waals surface area contributed by atoms with Crippen LogP contribution in [-0.4, -0.2) is 25.3 Å². The molecule has 0 radical (unpaired) electrons. The van der Waals surface area contributed by atoms with E-state index < -0.39 is 6.29 Å². The lowest BCUT2D eigenvalue weighted by Gasteiger charge is -2.15. The van der Waals surface area contributed by atoms with Crippen LogP contribution in [0.25, 0.3) is 0 Å². The van der Waals surface area contributed by atoms with E-state index in [-0.39, 0.29) is 5.78 Å². The summed E-state index contributed by atoms with van der Waals surface area (Å²) in [5, 5.41) is 0. The van der Waals surface area contributed by atoms with Crippen LogP contribution < -0.4 is 0 Å². The summed E-state index contributed by atoms with van der Waals surface area (Å²) in [5.74, 6) is -0.122. The van der Waals surface area contributed by atoms with Crippen LogP contribution in [0.15, 0.2) is 24.3 Å². The number of hydrogen-bond acceptors (Lipinski definition) is 3. The highest BCUT2D eigenvalue weighted by atomic mass is 16.7. The third-order valence-corrected chi connectivity index (χ3v) is 2.19. The fourth-order valence-corrected chi connectivity index (χ4v) is 1.36. The topological polar surface area (TPSA) is 35.5 Å². The average Bonchev–Trinajstić information content (AvgIpc) is 2.29. The molecule has 1 aromatic carbocycles. The molecule has 0 aliphatic heterocycles. The van der Waals surface area contributed by atoms with Crippen LogP contribution in [0, 0.1) is 6.92 Å². The smallest absolute Gasteiger partial charge is 0.222 e. The molecule has 1 rings (SSSR count). The summed E-state index contributed by atoms with van der Waals surface area (Å²) < 4.78 is 10.5. The van der Waals surface area contributed by atoms with Gasteiger partial charge in [-0.1, -0.05) is 29.8 Å². The van der Waals surface area contributed by atoms with E-state index in [0.717, 1.165) is 5.56 Å². The largest absolute Gasteiger partial charge is 0.346 e. The van der Waals surface area contributed by atoms with Gasteiger partial charge in [0.2, 0.25) is 12.1 Å². The van der Waals surface area contributed by atoms with Crippen molar-refractivity contribution in [1.82, 2.24) is 0 Å². The molecule has 0 amide bonds. The summed E-state index contributed by atoms with van der Waals surface area (Å²) in [7, 11) is 0. The molecular weight excluding hydrogens is 204 g/mol. The third-order valence-electron chi connectivity index (χ3n) is 2.19. The highest BCUT2D eigenvalue weighted by Crippen LogP contribution is 2.09. The van der Waals surface area contributed by atoms with Crippen molar-refractivity contribution in [2.75, 3.05) is 13.2 Å². The number of hydrogen-bond donors (Lipinski definition) is 0. The molecule has 3 nitrogen and oxygen atoms in total. The zero-order valence-corrected chi connectivity index (χ0v) is 10.0. The summed E-state index contributed by atoms with van der Waals surface area (Å²) in [4.78, 5) is 12.0. The number of benzene rings is 1. The maximum Gasteiger partial charge on any atom is 0.222 e. The third kappa shape index (κ3) is 3.43. The molecule has 0 heterocycles. The molecule has 0 atom stereocenters. The maximum absolute atomic E-state index is 12.0. The fourth-order valence-electron chi connectivity index (χ4n) is 1.36. The predicted octanol–water partition coefficient (Wildman–Crippen LogP) is 2.58. The first-order valence-corrected chi connectivity index (χ1v) is 5.53. The second-order valence-electron chi connectivity index (χ2n) is 3.47. The zero-order chi connectivity index (χ0) is 12.0. The molecule has 0 spiro atoms. The van der Waals surface area contributed by atoms with Gasteiger partial charge in [-0.3, -0.25) is 4.79 Å². The quantitative estimate of drug-likeness (QED) is 0.548. The van der Waals surface area contributed by atoms with Gasteiger partial charge in [-0.05, 0) is 20.8 Å². The lowest BCUT2D eigenvalue weighted by atomic mass is 10.1. The minimum Gasteiger partial charge on any atom is -0.346 e. The molecule has 0 fully saturated rings. The number of Topliss-reactive ketones (excluding diaryl/α,β-unsaturated/α-hetero) is 1. The van der Waals surface area contributed by atoms with E-state index >= 15 is 0 Å². The predicted molar refractivity (Wildman–Crippen MR) is 62.5 cm³/mol. The SMILES string of the molecule is CCOC(OCC)C(=O)c1ccc(C)cc1. The first-order chi connectivity index (χ1) is 7.69. The fraction of sp³-hybridized carbons (Fsp3) is 0.462. The van der Waals surface area contributed by atoms with Gasteiger partial charge in [-0.2, -0.15) is 0 Å². The number of rotatable bonds is 6. The molecule has 0 saturated carbocycles. The van der Waals surface area contributed by atoms with E-state index in [1.165, 1.54) is 0 Å². The number of aryl methyl sites for hydroxylation is 1. The summed E-state index contributed by atoms with van der Waals surface area (Å²) in [6, 6.07) is 7.40. The van der Waals surface area contributed by atoms with Gasteiger partial charge in [0, 0.05) is 18.8 Å². The van der Waals surface area contributed by atoms with Crippen molar-refractivity contribution in [3.8, 4) is 0 Å². The van der Waals surface area contributed by atoms with Gasteiger partial charge < -0.3 is 9.47 Å². The normalized spacial score (nSPS) is 10.8. The molecule has 0 aromatic heterocycles. The van der Waals surface area contributed by atoms with Gasteiger partial charge in [-0.15, -0.1) is 0 Å². The summed E-state index contributed by atoms with van der Waals surface area (Å²) in [6.45, 7) is 6.59. The second-order valence-corrected chi connectivity index (χ2v) is 3.47. The van der Waals surface area contributed by atoms with Crippen LogP contribution in [0.3, 0.4) is 0 Å². The Kier molecular flexibility index (Phi) is 5.15. The lowest BCUT2D eigenvalue weighted by Crippen LogP contribution is -2.27. The van der Waals surface area contributed by atoms with Crippen LogP contribution in [0.1, 0.15) is 29.8 Å². The van der Waals surface area contributed by atoms with Crippen LogP contribution in [-0.2, 0) is 9.47 Å². The van der Waals surface area contributed by atoms with E-state index in [4.69, 9.17) is 9.47 Å². The summed E-state index contributed by atoms with van der Waals surface area (Å²) >= 11 is 0. The molecule has 0 bridgehead atoms. The Morgan fingerprint density at radius 1 is 1.12 bits per heavy atom. The van der Waals surface area contributed by atoms with E-state index in [1.807, 2.05) is 32.9 Å².